The molecule has 11 nitrogen and oxygen atoms in total. The predicted molar refractivity (Wildman–Crippen MR) is 170 cm³/mol. The van der Waals surface area contributed by atoms with E-state index in [4.69, 9.17) is 4.74 Å². The molecule has 0 bridgehead atoms. The van der Waals surface area contributed by atoms with Crippen molar-refractivity contribution in [1.29, 1.82) is 0 Å². The number of piperazine rings is 1. The summed E-state index contributed by atoms with van der Waals surface area (Å²) in [4.78, 5) is 36.1. The van der Waals surface area contributed by atoms with Crippen LogP contribution in [0.4, 0.5) is 5.69 Å². The molecule has 5 rings (SSSR count). The average molecular weight is 631 g/mol. The van der Waals surface area contributed by atoms with Crippen LogP contribution in [0.25, 0.3) is 10.2 Å². The van der Waals surface area contributed by atoms with Gasteiger partial charge in [0.2, 0.25) is 15.9 Å². The normalized spacial score (nSPS) is 20.4. The van der Waals surface area contributed by atoms with Crippen molar-refractivity contribution >= 4 is 43.2 Å². The molecule has 0 saturated carbocycles. The monoisotopic (exact) mass is 630 g/mol. The van der Waals surface area contributed by atoms with E-state index in [1.807, 2.05) is 24.3 Å². The van der Waals surface area contributed by atoms with Gasteiger partial charge in [-0.2, -0.15) is 4.31 Å². The standard InChI is InChI=1S/C30H42N6O5S2/c1-21-16-22(2)18-33(17-21)11-7-10-31-26(37)19-35-20-32-29-27(30(35)38)28(23(3)42-29)43(39,40)36-14-12-34(13-15-36)24-8-5-6-9-25(24)41-4/h5-6,8-9,20-22H,7,10-19H2,1-4H3,(H,31,37)/t21-,22+. The molecular formula is C30H42N6O5S2. The second kappa shape index (κ2) is 13.3. The number of likely N-dealkylation sites (tertiary alicyclic amines) is 1. The zero-order valence-electron chi connectivity index (χ0n) is 25.4. The number of hydrogen-bond donors (Lipinski definition) is 1. The van der Waals surface area contributed by atoms with Crippen LogP contribution in [0, 0.1) is 18.8 Å². The number of nitrogens with one attached hydrogen (secondary N) is 1. The van der Waals surface area contributed by atoms with Crippen LogP contribution in [-0.2, 0) is 21.4 Å². The van der Waals surface area contributed by atoms with Gasteiger partial charge in [-0.05, 0) is 50.3 Å². The number of hydrogen-bond acceptors (Lipinski definition) is 9. The minimum atomic E-state index is -3.97. The van der Waals surface area contributed by atoms with E-state index in [9.17, 15) is 18.0 Å². The van der Waals surface area contributed by atoms with Crippen molar-refractivity contribution in [2.75, 3.05) is 64.4 Å². The van der Waals surface area contributed by atoms with E-state index in [2.05, 4.69) is 33.9 Å². The van der Waals surface area contributed by atoms with Crippen LogP contribution in [0.2, 0.25) is 0 Å². The van der Waals surface area contributed by atoms with E-state index in [0.717, 1.165) is 37.5 Å². The number of aryl methyl sites for hydroxylation is 1. The van der Waals surface area contributed by atoms with Gasteiger partial charge in [0, 0.05) is 50.7 Å². The number of benzene rings is 1. The van der Waals surface area contributed by atoms with Gasteiger partial charge in [0.25, 0.3) is 5.56 Å². The summed E-state index contributed by atoms with van der Waals surface area (Å²) in [5, 5.41) is 2.96. The Morgan fingerprint density at radius 1 is 1.12 bits per heavy atom. The zero-order chi connectivity index (χ0) is 30.7. The molecule has 3 aromatic rings. The fourth-order valence-corrected chi connectivity index (χ4v) is 9.53. The Labute approximate surface area is 257 Å². The van der Waals surface area contributed by atoms with Crippen molar-refractivity contribution in [2.24, 2.45) is 11.8 Å². The second-order valence-electron chi connectivity index (χ2n) is 11.8. The van der Waals surface area contributed by atoms with Crippen molar-refractivity contribution in [3.8, 4) is 5.75 Å². The van der Waals surface area contributed by atoms with Crippen molar-refractivity contribution in [3.63, 3.8) is 0 Å². The number of piperidine rings is 1. The Bertz CT molecular complexity index is 1600. The number of rotatable bonds is 10. The Kier molecular flexibility index (Phi) is 9.74. The maximum Gasteiger partial charge on any atom is 0.263 e. The molecule has 2 fully saturated rings. The average Bonchev–Trinajstić information content (AvgIpc) is 3.34. The quantitative estimate of drug-likeness (QED) is 0.340. The van der Waals surface area contributed by atoms with E-state index >= 15 is 0 Å². The molecule has 4 heterocycles. The van der Waals surface area contributed by atoms with Crippen LogP contribution >= 0.6 is 11.3 Å². The van der Waals surface area contributed by atoms with Gasteiger partial charge in [-0.3, -0.25) is 14.2 Å². The number of aromatic nitrogens is 2. The third-order valence-corrected chi connectivity index (χ3v) is 11.5. The highest BCUT2D eigenvalue weighted by molar-refractivity contribution is 7.89. The van der Waals surface area contributed by atoms with Gasteiger partial charge in [-0.15, -0.1) is 11.3 Å². The smallest absolute Gasteiger partial charge is 0.263 e. The molecule has 2 aromatic heterocycles. The van der Waals surface area contributed by atoms with Crippen LogP contribution < -0.4 is 20.5 Å². The Morgan fingerprint density at radius 3 is 2.51 bits per heavy atom. The highest BCUT2D eigenvalue weighted by atomic mass is 32.2. The molecule has 234 valence electrons. The van der Waals surface area contributed by atoms with Crippen molar-refractivity contribution in [3.05, 3.63) is 45.8 Å². The summed E-state index contributed by atoms with van der Waals surface area (Å²) in [6.07, 6.45) is 3.42. The van der Waals surface area contributed by atoms with Crippen LogP contribution in [0.5, 0.6) is 5.75 Å². The molecule has 2 aliphatic rings. The maximum atomic E-state index is 13.9. The highest BCUT2D eigenvalue weighted by Crippen LogP contribution is 2.34. The lowest BCUT2D eigenvalue weighted by Gasteiger charge is -2.35. The molecule has 43 heavy (non-hydrogen) atoms. The van der Waals surface area contributed by atoms with Crippen LogP contribution in [0.1, 0.15) is 31.6 Å². The topological polar surface area (TPSA) is 117 Å². The maximum absolute atomic E-state index is 13.9. The van der Waals surface area contributed by atoms with E-state index in [0.29, 0.717) is 41.2 Å². The lowest BCUT2D eigenvalue weighted by atomic mass is 9.92. The van der Waals surface area contributed by atoms with E-state index < -0.39 is 15.6 Å². The predicted octanol–water partition coefficient (Wildman–Crippen LogP) is 2.77. The summed E-state index contributed by atoms with van der Waals surface area (Å²) >= 11 is 1.18. The minimum absolute atomic E-state index is 0.00418. The SMILES string of the molecule is COc1ccccc1N1CCN(S(=O)(=O)c2c(C)sc3ncn(CC(=O)NCCCN4C[C@H](C)C[C@H](C)C4)c(=O)c23)CC1. The molecule has 1 aromatic carbocycles. The van der Waals surface area contributed by atoms with Crippen LogP contribution in [0.15, 0.2) is 40.3 Å². The number of carbonyl (C=O) groups is 1. The minimum Gasteiger partial charge on any atom is -0.495 e. The third kappa shape index (κ3) is 6.89. The Balaban J connectivity index is 1.25. The molecule has 2 aliphatic heterocycles. The number of para-hydroxylation sites is 2. The van der Waals surface area contributed by atoms with Crippen LogP contribution in [-0.4, -0.2) is 92.5 Å². The molecule has 13 heteroatoms. The number of nitrogens with zero attached hydrogens (tertiary/aromatic N) is 5. The lowest BCUT2D eigenvalue weighted by molar-refractivity contribution is -0.121. The summed E-state index contributed by atoms with van der Waals surface area (Å²) in [5.41, 5.74) is 0.396. The van der Waals surface area contributed by atoms with Gasteiger partial charge < -0.3 is 19.9 Å². The fourth-order valence-electron chi connectivity index (χ4n) is 6.44. The van der Waals surface area contributed by atoms with Crippen molar-refractivity contribution in [1.82, 2.24) is 24.1 Å². The van der Waals surface area contributed by atoms with E-state index in [1.54, 1.807) is 14.0 Å². The summed E-state index contributed by atoms with van der Waals surface area (Å²) in [6, 6.07) is 7.67. The van der Waals surface area contributed by atoms with Gasteiger partial charge in [-0.1, -0.05) is 26.0 Å². The molecule has 0 unspecified atom stereocenters. The summed E-state index contributed by atoms with van der Waals surface area (Å²) in [7, 11) is -2.36. The molecule has 2 saturated heterocycles. The van der Waals surface area contributed by atoms with Crippen molar-refractivity contribution < 1.29 is 17.9 Å². The summed E-state index contributed by atoms with van der Waals surface area (Å²) in [5.74, 6) is 1.81. The summed E-state index contributed by atoms with van der Waals surface area (Å²) < 4.78 is 35.9. The van der Waals surface area contributed by atoms with Gasteiger partial charge >= 0.3 is 0 Å². The highest BCUT2D eigenvalue weighted by Gasteiger charge is 2.34. The third-order valence-electron chi connectivity index (χ3n) is 8.29. The van der Waals surface area contributed by atoms with Crippen molar-refractivity contribution in [2.45, 2.75) is 45.1 Å². The number of anilines is 1. The molecule has 0 spiro atoms. The van der Waals surface area contributed by atoms with Gasteiger partial charge in [0.05, 0.1) is 24.5 Å². The number of amides is 1. The summed E-state index contributed by atoms with van der Waals surface area (Å²) in [6.45, 7) is 11.2. The molecule has 1 amide bonds. The number of thiophene rings is 1. The second-order valence-corrected chi connectivity index (χ2v) is 14.9. The Morgan fingerprint density at radius 2 is 1.81 bits per heavy atom. The number of carbonyl (C=O) groups excluding carboxylic acids is 1. The fraction of sp³-hybridized carbons (Fsp3) is 0.567. The lowest BCUT2D eigenvalue weighted by Crippen LogP contribution is -2.49. The van der Waals surface area contributed by atoms with Gasteiger partial charge in [0.15, 0.2) is 0 Å². The first-order valence-corrected chi connectivity index (χ1v) is 17.2. The first-order valence-electron chi connectivity index (χ1n) is 14.9. The molecule has 0 aliphatic carbocycles. The van der Waals surface area contributed by atoms with Gasteiger partial charge in [-0.25, -0.2) is 13.4 Å². The first-order chi connectivity index (χ1) is 20.6. The van der Waals surface area contributed by atoms with E-state index in [1.165, 1.54) is 33.0 Å². The molecule has 1 N–H and O–H groups in total. The molecular weight excluding hydrogens is 589 g/mol. The number of fused-ring (bicyclic) bond motifs is 1. The van der Waals surface area contributed by atoms with E-state index in [-0.39, 0.29) is 35.8 Å². The first kappa shape index (κ1) is 31.4. The number of sulfonamides is 1. The molecule has 2 atom stereocenters. The number of ether oxygens (including phenoxy) is 1. The zero-order valence-corrected chi connectivity index (χ0v) is 27.0. The van der Waals surface area contributed by atoms with Crippen LogP contribution in [0.3, 0.4) is 0 Å². The number of methoxy groups -OCH3 is 1. The van der Waals surface area contributed by atoms with Gasteiger partial charge in [0.1, 0.15) is 22.0 Å². The molecule has 0 radical (unpaired) electrons. The largest absolute Gasteiger partial charge is 0.495 e. The Hall–Kier alpha value is -3.00.